The highest BCUT2D eigenvalue weighted by Crippen LogP contribution is 2.25. The highest BCUT2D eigenvalue weighted by Gasteiger charge is 2.08. The van der Waals surface area contributed by atoms with Gasteiger partial charge in [-0.3, -0.25) is 9.48 Å². The third kappa shape index (κ3) is 4.16. The molecule has 0 radical (unpaired) electrons. The summed E-state index contributed by atoms with van der Waals surface area (Å²) >= 11 is 0. The van der Waals surface area contributed by atoms with E-state index in [1.165, 1.54) is 22.4 Å². The lowest BCUT2D eigenvalue weighted by molar-refractivity contribution is -0.122. The minimum atomic E-state index is -0.250. The molecule has 0 aliphatic rings. The molecule has 0 aliphatic heterocycles. The topological polar surface area (TPSA) is 64.4 Å². The fourth-order valence-corrected chi connectivity index (χ4v) is 2.12. The van der Waals surface area contributed by atoms with Crippen LogP contribution in [0.15, 0.2) is 30.5 Å². The number of carbonyl (C=O) groups is 1. The first-order chi connectivity index (χ1) is 10.1. The number of ether oxygens (including phenoxy) is 1. The Morgan fingerprint density at radius 2 is 1.95 bits per heavy atom. The van der Waals surface area contributed by atoms with Crippen LogP contribution >= 0.6 is 0 Å². The van der Waals surface area contributed by atoms with Gasteiger partial charge < -0.3 is 9.84 Å². The molecule has 0 aliphatic carbocycles. The summed E-state index contributed by atoms with van der Waals surface area (Å²) < 4.78 is 7.33. The number of hydrogen-bond acceptors (Lipinski definition) is 3. The molecule has 0 fully saturated rings. The van der Waals surface area contributed by atoms with Crippen LogP contribution in [0.3, 0.4) is 0 Å². The molecule has 0 amide bonds. The van der Waals surface area contributed by atoms with E-state index in [9.17, 15) is 0 Å². The highest BCUT2D eigenvalue weighted by atomic mass is 16.5. The molecule has 0 saturated carbocycles. The van der Waals surface area contributed by atoms with E-state index in [0.717, 1.165) is 6.54 Å². The second kappa shape index (κ2) is 8.21. The van der Waals surface area contributed by atoms with E-state index in [-0.39, 0.29) is 12.6 Å². The predicted molar refractivity (Wildman–Crippen MR) is 82.2 cm³/mol. The van der Waals surface area contributed by atoms with Gasteiger partial charge in [-0.15, -0.1) is 0 Å². The van der Waals surface area contributed by atoms with Gasteiger partial charge in [-0.2, -0.15) is 5.10 Å². The molecule has 2 aromatic rings. The number of benzene rings is 1. The van der Waals surface area contributed by atoms with Crippen molar-refractivity contribution in [2.24, 2.45) is 0 Å². The predicted octanol–water partition coefficient (Wildman–Crippen LogP) is 3.29. The van der Waals surface area contributed by atoms with Gasteiger partial charge in [-0.05, 0) is 31.9 Å². The first-order valence-electron chi connectivity index (χ1n) is 6.82. The molecule has 1 aromatic carbocycles. The number of hydrogen-bond donors (Lipinski definition) is 1. The Labute approximate surface area is 125 Å². The molecular formula is C16H22N2O3. The maximum absolute atomic E-state index is 8.36. The van der Waals surface area contributed by atoms with Gasteiger partial charge in [-0.25, -0.2) is 0 Å². The summed E-state index contributed by atoms with van der Waals surface area (Å²) in [7, 11) is 1.73. The van der Waals surface area contributed by atoms with E-state index in [4.69, 9.17) is 14.6 Å². The van der Waals surface area contributed by atoms with E-state index >= 15 is 0 Å². The fraction of sp³-hybridized carbons (Fsp3) is 0.375. The molecule has 114 valence electrons. The zero-order chi connectivity index (χ0) is 15.8. The van der Waals surface area contributed by atoms with Crippen molar-refractivity contribution in [3.63, 3.8) is 0 Å². The smallest absolute Gasteiger partial charge is 0.290 e. The molecule has 5 heteroatoms. The van der Waals surface area contributed by atoms with Crippen LogP contribution < -0.4 is 0 Å². The Bertz CT molecular complexity index is 561. The Hall–Kier alpha value is -2.14. The molecule has 21 heavy (non-hydrogen) atoms. The maximum Gasteiger partial charge on any atom is 0.290 e. The van der Waals surface area contributed by atoms with Gasteiger partial charge in [0, 0.05) is 24.9 Å². The van der Waals surface area contributed by atoms with E-state index in [1.54, 1.807) is 7.11 Å². The molecule has 0 spiro atoms. The van der Waals surface area contributed by atoms with Crippen molar-refractivity contribution >= 4 is 6.47 Å². The highest BCUT2D eigenvalue weighted by molar-refractivity contribution is 5.65. The lowest BCUT2D eigenvalue weighted by Gasteiger charge is -2.10. The van der Waals surface area contributed by atoms with E-state index in [2.05, 4.69) is 50.1 Å². The first-order valence-corrected chi connectivity index (χ1v) is 6.82. The van der Waals surface area contributed by atoms with E-state index < -0.39 is 0 Å². The summed E-state index contributed by atoms with van der Waals surface area (Å²) in [6.07, 6.45) is 2.08. The summed E-state index contributed by atoms with van der Waals surface area (Å²) in [5, 5.41) is 11.3. The number of aromatic nitrogens is 2. The molecular weight excluding hydrogens is 268 g/mol. The molecule has 0 saturated heterocycles. The van der Waals surface area contributed by atoms with Crippen molar-refractivity contribution in [1.29, 1.82) is 0 Å². The average molecular weight is 290 g/mol. The van der Waals surface area contributed by atoms with Crippen molar-refractivity contribution in [1.82, 2.24) is 9.78 Å². The third-order valence-corrected chi connectivity index (χ3v) is 3.45. The number of nitrogens with zero attached hydrogens (tertiary/aromatic N) is 2. The lowest BCUT2D eigenvalue weighted by Crippen LogP contribution is -1.98. The van der Waals surface area contributed by atoms with Crippen LogP contribution in [0.25, 0.3) is 11.1 Å². The van der Waals surface area contributed by atoms with Crippen LogP contribution in [0.4, 0.5) is 0 Å². The van der Waals surface area contributed by atoms with Crippen LogP contribution in [0.5, 0.6) is 0 Å². The monoisotopic (exact) mass is 290 g/mol. The summed E-state index contributed by atoms with van der Waals surface area (Å²) in [5.41, 5.74) is 4.82. The molecule has 2 rings (SSSR count). The SMILES string of the molecule is CCn1ncc(-c2ccc(C(C)OC)cc2)c1C.O=CO. The van der Waals surface area contributed by atoms with Crippen LogP contribution in [0.1, 0.15) is 31.2 Å². The molecule has 1 unspecified atom stereocenters. The average Bonchev–Trinajstić information content (AvgIpc) is 2.88. The molecule has 1 aromatic heterocycles. The van der Waals surface area contributed by atoms with Gasteiger partial charge in [0.2, 0.25) is 0 Å². The van der Waals surface area contributed by atoms with Crippen LogP contribution in [-0.4, -0.2) is 28.5 Å². The lowest BCUT2D eigenvalue weighted by atomic mass is 10.0. The molecule has 5 nitrogen and oxygen atoms in total. The zero-order valence-electron chi connectivity index (χ0n) is 12.9. The first kappa shape index (κ1) is 16.9. The van der Waals surface area contributed by atoms with Crippen molar-refractivity contribution in [3.8, 4) is 11.1 Å². The van der Waals surface area contributed by atoms with Crippen LogP contribution in [-0.2, 0) is 16.1 Å². The van der Waals surface area contributed by atoms with Crippen LogP contribution in [0.2, 0.25) is 0 Å². The second-order valence-electron chi connectivity index (χ2n) is 4.56. The standard InChI is InChI=1S/C15H20N2O.CH2O2/c1-5-17-11(2)15(10-16-17)14-8-6-13(7-9-14)12(3)18-4;2-1-3/h6-10,12H,5H2,1-4H3;1H,(H,2,3). The Balaban J connectivity index is 0.000000677. The Morgan fingerprint density at radius 1 is 1.38 bits per heavy atom. The second-order valence-corrected chi connectivity index (χ2v) is 4.56. The molecule has 1 atom stereocenters. The zero-order valence-corrected chi connectivity index (χ0v) is 12.9. The van der Waals surface area contributed by atoms with Crippen molar-refractivity contribution in [2.45, 2.75) is 33.4 Å². The number of carboxylic acid groups (broad SMARTS) is 1. The van der Waals surface area contributed by atoms with Crippen molar-refractivity contribution in [3.05, 3.63) is 41.7 Å². The van der Waals surface area contributed by atoms with Gasteiger partial charge in [0.15, 0.2) is 0 Å². The largest absolute Gasteiger partial charge is 0.483 e. The Morgan fingerprint density at radius 3 is 2.38 bits per heavy atom. The van der Waals surface area contributed by atoms with Crippen molar-refractivity contribution in [2.75, 3.05) is 7.11 Å². The van der Waals surface area contributed by atoms with Gasteiger partial charge in [0.1, 0.15) is 0 Å². The quantitative estimate of drug-likeness (QED) is 0.878. The minimum absolute atomic E-state index is 0.138. The maximum atomic E-state index is 8.36. The minimum Gasteiger partial charge on any atom is -0.483 e. The summed E-state index contributed by atoms with van der Waals surface area (Å²) in [5.74, 6) is 0. The van der Waals surface area contributed by atoms with Crippen molar-refractivity contribution < 1.29 is 14.6 Å². The molecule has 1 heterocycles. The van der Waals surface area contributed by atoms with E-state index in [1.807, 2.05) is 10.9 Å². The summed E-state index contributed by atoms with van der Waals surface area (Å²) in [6, 6.07) is 8.50. The fourth-order valence-electron chi connectivity index (χ4n) is 2.12. The normalized spacial score (nSPS) is 11.4. The number of aryl methyl sites for hydroxylation is 1. The summed E-state index contributed by atoms with van der Waals surface area (Å²) in [6.45, 7) is 6.92. The van der Waals surface area contributed by atoms with Gasteiger partial charge in [0.25, 0.3) is 6.47 Å². The Kier molecular flexibility index (Phi) is 6.62. The number of methoxy groups -OCH3 is 1. The van der Waals surface area contributed by atoms with Crippen LogP contribution in [0, 0.1) is 6.92 Å². The van der Waals surface area contributed by atoms with Gasteiger partial charge >= 0.3 is 0 Å². The van der Waals surface area contributed by atoms with Gasteiger partial charge in [-0.1, -0.05) is 24.3 Å². The summed E-state index contributed by atoms with van der Waals surface area (Å²) in [4.78, 5) is 8.36. The van der Waals surface area contributed by atoms with Gasteiger partial charge in [0.05, 0.1) is 12.3 Å². The van der Waals surface area contributed by atoms with E-state index in [0.29, 0.717) is 0 Å². The molecule has 0 bridgehead atoms. The molecule has 1 N–H and O–H groups in total. The third-order valence-electron chi connectivity index (χ3n) is 3.45. The number of rotatable bonds is 4.